The number of piperazine rings is 1. The van der Waals surface area contributed by atoms with Crippen LogP contribution in [0.1, 0.15) is 36.2 Å². The number of fused-ring (bicyclic) bond motifs is 1. The molecule has 0 bridgehead atoms. The number of benzene rings is 1. The van der Waals surface area contributed by atoms with Gasteiger partial charge in [-0.05, 0) is 5.56 Å². The molecule has 2 aromatic heterocycles. The van der Waals surface area contributed by atoms with E-state index < -0.39 is 0 Å². The third-order valence-electron chi connectivity index (χ3n) is 5.05. The van der Waals surface area contributed by atoms with E-state index in [0.29, 0.717) is 18.1 Å². The minimum atomic E-state index is -0.0844. The van der Waals surface area contributed by atoms with Gasteiger partial charge < -0.3 is 10.0 Å². The normalized spacial score (nSPS) is 16.7. The fraction of sp³-hybridized carbons (Fsp3) is 0.421. The molecular formula is C19H23N5O2S. The molecule has 1 amide bonds. The molecule has 1 atom stereocenters. The standard InChI is InChI=1S/C19H23N5O2S/c1-3-15-20-19-24(21-15)18(26)17(27-19)16(14-7-5-4-6-8-14)23-11-9-22(10-12-23)13(2)25/h4-8,16,26H,3,9-12H2,1-2H3. The first kappa shape index (κ1) is 17.9. The second-order valence-electron chi connectivity index (χ2n) is 6.72. The Bertz CT molecular complexity index is 944. The Balaban J connectivity index is 1.72. The fourth-order valence-corrected chi connectivity index (χ4v) is 4.71. The number of amides is 1. The van der Waals surface area contributed by atoms with E-state index in [1.54, 1.807) is 11.4 Å². The summed E-state index contributed by atoms with van der Waals surface area (Å²) in [5, 5.41) is 15.3. The summed E-state index contributed by atoms with van der Waals surface area (Å²) in [6.45, 7) is 6.51. The minimum Gasteiger partial charge on any atom is -0.492 e. The molecule has 3 aromatic rings. The van der Waals surface area contributed by atoms with Crippen LogP contribution in [0, 0.1) is 0 Å². The lowest BCUT2D eigenvalue weighted by molar-refractivity contribution is -0.130. The zero-order valence-electron chi connectivity index (χ0n) is 15.5. The molecule has 0 aliphatic carbocycles. The van der Waals surface area contributed by atoms with Gasteiger partial charge in [0.15, 0.2) is 5.82 Å². The SMILES string of the molecule is CCc1nc2sc(C(c3ccccc3)N3CCN(C(C)=O)CC3)c(O)n2n1. The van der Waals surface area contributed by atoms with Crippen molar-refractivity contribution in [3.05, 3.63) is 46.6 Å². The summed E-state index contributed by atoms with van der Waals surface area (Å²) in [6, 6.07) is 10.1. The van der Waals surface area contributed by atoms with Gasteiger partial charge in [-0.2, -0.15) is 4.52 Å². The lowest BCUT2D eigenvalue weighted by atomic mass is 10.0. The van der Waals surface area contributed by atoms with E-state index in [9.17, 15) is 9.90 Å². The molecule has 1 unspecified atom stereocenters. The van der Waals surface area contributed by atoms with E-state index in [1.165, 1.54) is 11.3 Å². The van der Waals surface area contributed by atoms with Gasteiger partial charge >= 0.3 is 0 Å². The van der Waals surface area contributed by atoms with Gasteiger partial charge in [0.25, 0.3) is 0 Å². The summed E-state index contributed by atoms with van der Waals surface area (Å²) in [7, 11) is 0. The minimum absolute atomic E-state index is 0.0844. The first-order valence-electron chi connectivity index (χ1n) is 9.20. The number of aromatic nitrogens is 3. The molecule has 1 fully saturated rings. The van der Waals surface area contributed by atoms with Crippen LogP contribution in [0.15, 0.2) is 30.3 Å². The third-order valence-corrected chi connectivity index (χ3v) is 6.12. The zero-order valence-corrected chi connectivity index (χ0v) is 16.3. The van der Waals surface area contributed by atoms with Crippen LogP contribution in [0.5, 0.6) is 5.88 Å². The molecule has 0 spiro atoms. The highest BCUT2D eigenvalue weighted by molar-refractivity contribution is 7.17. The lowest BCUT2D eigenvalue weighted by Crippen LogP contribution is -2.49. The van der Waals surface area contributed by atoms with Crippen LogP contribution < -0.4 is 0 Å². The van der Waals surface area contributed by atoms with Gasteiger partial charge in [-0.3, -0.25) is 9.69 Å². The second-order valence-corrected chi connectivity index (χ2v) is 7.73. The van der Waals surface area contributed by atoms with E-state index in [2.05, 4.69) is 27.1 Å². The summed E-state index contributed by atoms with van der Waals surface area (Å²) >= 11 is 1.48. The molecule has 142 valence electrons. The van der Waals surface area contributed by atoms with E-state index in [1.807, 2.05) is 30.0 Å². The Labute approximate surface area is 161 Å². The molecule has 0 radical (unpaired) electrons. The topological polar surface area (TPSA) is 74.0 Å². The van der Waals surface area contributed by atoms with Crippen molar-refractivity contribution in [2.75, 3.05) is 26.2 Å². The van der Waals surface area contributed by atoms with Gasteiger partial charge in [-0.15, -0.1) is 5.10 Å². The molecular weight excluding hydrogens is 362 g/mol. The summed E-state index contributed by atoms with van der Waals surface area (Å²) in [4.78, 5) is 21.9. The third kappa shape index (κ3) is 3.30. The molecule has 1 aliphatic rings. The quantitative estimate of drug-likeness (QED) is 0.746. The maximum atomic E-state index is 11.7. The molecule has 4 rings (SSSR count). The molecule has 1 aromatic carbocycles. The van der Waals surface area contributed by atoms with Crippen molar-refractivity contribution in [1.29, 1.82) is 0 Å². The summed E-state index contributed by atoms with van der Waals surface area (Å²) < 4.78 is 1.54. The summed E-state index contributed by atoms with van der Waals surface area (Å²) in [5.41, 5.74) is 1.12. The van der Waals surface area contributed by atoms with Gasteiger partial charge in [-0.25, -0.2) is 4.98 Å². The Morgan fingerprint density at radius 2 is 1.93 bits per heavy atom. The van der Waals surface area contributed by atoms with Crippen molar-refractivity contribution in [3.8, 4) is 5.88 Å². The second kappa shape index (κ2) is 7.28. The van der Waals surface area contributed by atoms with Crippen LogP contribution in [0.3, 0.4) is 0 Å². The highest BCUT2D eigenvalue weighted by Crippen LogP contribution is 2.40. The molecule has 8 heteroatoms. The largest absolute Gasteiger partial charge is 0.492 e. The number of rotatable bonds is 4. The average Bonchev–Trinajstić information content (AvgIpc) is 3.23. The van der Waals surface area contributed by atoms with Crippen LogP contribution in [0.25, 0.3) is 4.96 Å². The number of aromatic hydroxyl groups is 1. The van der Waals surface area contributed by atoms with Gasteiger partial charge in [0.1, 0.15) is 0 Å². The number of aryl methyl sites for hydroxylation is 1. The van der Waals surface area contributed by atoms with Gasteiger partial charge in [0.05, 0.1) is 10.9 Å². The van der Waals surface area contributed by atoms with Crippen molar-refractivity contribution in [3.63, 3.8) is 0 Å². The van der Waals surface area contributed by atoms with Crippen molar-refractivity contribution < 1.29 is 9.90 Å². The molecule has 1 aliphatic heterocycles. The molecule has 1 saturated heterocycles. The predicted molar refractivity (Wildman–Crippen MR) is 104 cm³/mol. The zero-order chi connectivity index (χ0) is 19.0. The fourth-order valence-electron chi connectivity index (χ4n) is 3.58. The van der Waals surface area contributed by atoms with Gasteiger partial charge in [-0.1, -0.05) is 48.6 Å². The van der Waals surface area contributed by atoms with E-state index >= 15 is 0 Å². The number of carbonyl (C=O) groups excluding carboxylic acids is 1. The maximum absolute atomic E-state index is 11.7. The summed E-state index contributed by atoms with van der Waals surface area (Å²) in [5.74, 6) is 0.999. The monoisotopic (exact) mass is 385 g/mol. The Morgan fingerprint density at radius 1 is 1.22 bits per heavy atom. The number of hydrogen-bond acceptors (Lipinski definition) is 6. The number of hydrogen-bond donors (Lipinski definition) is 1. The number of thiazole rings is 1. The Kier molecular flexibility index (Phi) is 4.84. The predicted octanol–water partition coefficient (Wildman–Crippen LogP) is 2.31. The van der Waals surface area contributed by atoms with Crippen LogP contribution in [0.2, 0.25) is 0 Å². The molecule has 3 heterocycles. The van der Waals surface area contributed by atoms with Crippen LogP contribution in [0.4, 0.5) is 0 Å². The number of nitrogens with zero attached hydrogens (tertiary/aromatic N) is 5. The van der Waals surface area contributed by atoms with Crippen molar-refractivity contribution in [1.82, 2.24) is 24.4 Å². The molecule has 0 saturated carbocycles. The van der Waals surface area contributed by atoms with E-state index in [0.717, 1.165) is 35.8 Å². The van der Waals surface area contributed by atoms with Gasteiger partial charge in [0, 0.05) is 39.5 Å². The first-order valence-corrected chi connectivity index (χ1v) is 10.0. The molecule has 7 nitrogen and oxygen atoms in total. The Hall–Kier alpha value is -2.45. The van der Waals surface area contributed by atoms with Crippen LogP contribution in [-0.2, 0) is 11.2 Å². The average molecular weight is 385 g/mol. The molecule has 27 heavy (non-hydrogen) atoms. The van der Waals surface area contributed by atoms with Crippen molar-refractivity contribution >= 4 is 22.2 Å². The van der Waals surface area contributed by atoms with Crippen LogP contribution in [-0.4, -0.2) is 61.6 Å². The van der Waals surface area contributed by atoms with Crippen molar-refractivity contribution in [2.24, 2.45) is 0 Å². The highest BCUT2D eigenvalue weighted by atomic mass is 32.1. The van der Waals surface area contributed by atoms with E-state index in [4.69, 9.17) is 0 Å². The summed E-state index contributed by atoms with van der Waals surface area (Å²) in [6.07, 6.45) is 0.734. The molecule has 1 N–H and O–H groups in total. The maximum Gasteiger partial charge on any atom is 0.230 e. The smallest absolute Gasteiger partial charge is 0.230 e. The highest BCUT2D eigenvalue weighted by Gasteiger charge is 2.32. The van der Waals surface area contributed by atoms with Crippen LogP contribution >= 0.6 is 11.3 Å². The van der Waals surface area contributed by atoms with E-state index in [-0.39, 0.29) is 17.8 Å². The lowest BCUT2D eigenvalue weighted by Gasteiger charge is -2.38. The Morgan fingerprint density at radius 3 is 2.52 bits per heavy atom. The van der Waals surface area contributed by atoms with Crippen molar-refractivity contribution in [2.45, 2.75) is 26.3 Å². The van der Waals surface area contributed by atoms with Gasteiger partial charge in [0.2, 0.25) is 16.7 Å². The number of carbonyl (C=O) groups is 1. The first-order chi connectivity index (χ1) is 13.1.